The van der Waals surface area contributed by atoms with E-state index in [1.807, 2.05) is 18.2 Å². The van der Waals surface area contributed by atoms with Crippen LogP contribution in [0.1, 0.15) is 10.4 Å². The molecule has 20 heavy (non-hydrogen) atoms. The summed E-state index contributed by atoms with van der Waals surface area (Å²) in [6, 6.07) is 5.57. The minimum absolute atomic E-state index is 0.00594. The summed E-state index contributed by atoms with van der Waals surface area (Å²) in [7, 11) is 0. The molecule has 1 fully saturated rings. The van der Waals surface area contributed by atoms with Crippen molar-refractivity contribution in [1.29, 1.82) is 0 Å². The second-order valence-corrected chi connectivity index (χ2v) is 5.80. The van der Waals surface area contributed by atoms with Crippen molar-refractivity contribution in [2.75, 3.05) is 32.9 Å². The zero-order valence-electron chi connectivity index (χ0n) is 11.0. The first-order valence-electron chi connectivity index (χ1n) is 6.59. The highest BCUT2D eigenvalue weighted by Gasteiger charge is 2.23. The molecule has 1 aliphatic heterocycles. The van der Waals surface area contributed by atoms with Gasteiger partial charge in [-0.2, -0.15) is 0 Å². The fourth-order valence-corrected chi connectivity index (χ4v) is 3.06. The molecule has 6 heteroatoms. The third kappa shape index (κ3) is 2.67. The minimum Gasteiger partial charge on any atom is -0.396 e. The lowest BCUT2D eigenvalue weighted by molar-refractivity contribution is 0.0728. The van der Waals surface area contributed by atoms with E-state index in [-0.39, 0.29) is 18.4 Å². The highest BCUT2D eigenvalue weighted by atomic mass is 32.1. The number of fused-ring (bicyclic) bond motifs is 1. The molecule has 1 atom stereocenters. The molecule has 0 bridgehead atoms. The maximum absolute atomic E-state index is 12.6. The summed E-state index contributed by atoms with van der Waals surface area (Å²) in [6.07, 6.45) is 0. The summed E-state index contributed by atoms with van der Waals surface area (Å²) in [5.74, 6) is -0.0159. The van der Waals surface area contributed by atoms with Crippen LogP contribution in [-0.4, -0.2) is 53.8 Å². The molecule has 1 amide bonds. The predicted octanol–water partition coefficient (Wildman–Crippen LogP) is 1.38. The summed E-state index contributed by atoms with van der Waals surface area (Å²) in [4.78, 5) is 18.5. The van der Waals surface area contributed by atoms with Crippen molar-refractivity contribution < 1.29 is 14.6 Å². The molecule has 1 N–H and O–H groups in total. The Morgan fingerprint density at radius 3 is 3.30 bits per heavy atom. The Balaban J connectivity index is 1.82. The Morgan fingerprint density at radius 2 is 2.45 bits per heavy atom. The van der Waals surface area contributed by atoms with Crippen molar-refractivity contribution in [2.45, 2.75) is 0 Å². The molecule has 1 aromatic carbocycles. The van der Waals surface area contributed by atoms with Gasteiger partial charge in [0.05, 0.1) is 28.9 Å². The molecule has 1 aliphatic rings. The van der Waals surface area contributed by atoms with Gasteiger partial charge in [-0.3, -0.25) is 4.79 Å². The Labute approximate surface area is 120 Å². The van der Waals surface area contributed by atoms with Gasteiger partial charge in [0.1, 0.15) is 0 Å². The number of carbonyl (C=O) groups excluding carboxylic acids is 1. The molecule has 0 spiro atoms. The first-order valence-corrected chi connectivity index (χ1v) is 7.47. The van der Waals surface area contributed by atoms with Crippen LogP contribution < -0.4 is 0 Å². The third-order valence-corrected chi connectivity index (χ3v) is 4.25. The van der Waals surface area contributed by atoms with Crippen LogP contribution in [0.15, 0.2) is 23.7 Å². The minimum atomic E-state index is -0.00995. The summed E-state index contributed by atoms with van der Waals surface area (Å²) in [5.41, 5.74) is 3.36. The second kappa shape index (κ2) is 5.87. The first-order chi connectivity index (χ1) is 9.78. The quantitative estimate of drug-likeness (QED) is 0.908. The van der Waals surface area contributed by atoms with Crippen LogP contribution in [0.2, 0.25) is 0 Å². The molecule has 1 saturated heterocycles. The molecule has 0 aliphatic carbocycles. The molecule has 5 nitrogen and oxygen atoms in total. The van der Waals surface area contributed by atoms with Crippen molar-refractivity contribution in [2.24, 2.45) is 5.92 Å². The molecule has 3 rings (SSSR count). The van der Waals surface area contributed by atoms with Crippen LogP contribution >= 0.6 is 11.3 Å². The van der Waals surface area contributed by atoms with E-state index in [0.29, 0.717) is 31.9 Å². The van der Waals surface area contributed by atoms with Crippen LogP contribution in [0.25, 0.3) is 10.2 Å². The number of benzene rings is 1. The largest absolute Gasteiger partial charge is 0.396 e. The molecule has 1 aromatic heterocycles. The molecule has 2 aromatic rings. The van der Waals surface area contributed by atoms with Crippen molar-refractivity contribution >= 4 is 27.5 Å². The maximum atomic E-state index is 12.6. The van der Waals surface area contributed by atoms with Crippen LogP contribution in [0, 0.1) is 5.92 Å². The smallest absolute Gasteiger partial charge is 0.253 e. The number of aliphatic hydroxyl groups is 1. The van der Waals surface area contributed by atoms with E-state index >= 15 is 0 Å². The van der Waals surface area contributed by atoms with Gasteiger partial charge in [-0.25, -0.2) is 4.98 Å². The Bertz CT molecular complexity index is 613. The maximum Gasteiger partial charge on any atom is 0.253 e. The SMILES string of the molecule is O=C(c1ccc2ncsc2c1)N1CCOC[C@@H](CO)C1. The van der Waals surface area contributed by atoms with Gasteiger partial charge < -0.3 is 14.7 Å². The topological polar surface area (TPSA) is 62.7 Å². The van der Waals surface area contributed by atoms with Crippen LogP contribution in [0.5, 0.6) is 0 Å². The van der Waals surface area contributed by atoms with Crippen LogP contribution in [-0.2, 0) is 4.74 Å². The summed E-state index contributed by atoms with van der Waals surface area (Å²) < 4.78 is 6.42. The zero-order chi connectivity index (χ0) is 13.9. The molecular formula is C14H16N2O3S. The van der Waals surface area contributed by atoms with Crippen molar-refractivity contribution in [3.8, 4) is 0 Å². The number of aliphatic hydroxyl groups excluding tert-OH is 1. The number of thiazole rings is 1. The first kappa shape index (κ1) is 13.5. The normalized spacial score (nSPS) is 20.1. The Morgan fingerprint density at radius 1 is 1.55 bits per heavy atom. The number of hydrogen-bond acceptors (Lipinski definition) is 5. The molecule has 0 saturated carbocycles. The number of rotatable bonds is 2. The van der Waals surface area contributed by atoms with E-state index in [9.17, 15) is 9.90 Å². The zero-order valence-corrected chi connectivity index (χ0v) is 11.8. The van der Waals surface area contributed by atoms with Gasteiger partial charge in [0.25, 0.3) is 5.91 Å². The predicted molar refractivity (Wildman–Crippen MR) is 76.9 cm³/mol. The number of ether oxygens (including phenoxy) is 1. The molecule has 0 radical (unpaired) electrons. The number of aromatic nitrogens is 1. The average molecular weight is 292 g/mol. The second-order valence-electron chi connectivity index (χ2n) is 4.91. The van der Waals surface area contributed by atoms with E-state index in [1.54, 1.807) is 10.4 Å². The molecule has 0 unspecified atom stereocenters. The average Bonchev–Trinajstić information content (AvgIpc) is 2.81. The van der Waals surface area contributed by atoms with Gasteiger partial charge in [-0.1, -0.05) is 0 Å². The lowest BCUT2D eigenvalue weighted by atomic mass is 10.1. The van der Waals surface area contributed by atoms with Gasteiger partial charge in [-0.05, 0) is 18.2 Å². The number of amides is 1. The Kier molecular flexibility index (Phi) is 3.95. The third-order valence-electron chi connectivity index (χ3n) is 3.46. The van der Waals surface area contributed by atoms with Crippen molar-refractivity contribution in [3.63, 3.8) is 0 Å². The van der Waals surface area contributed by atoms with Gasteiger partial charge in [0.15, 0.2) is 0 Å². The van der Waals surface area contributed by atoms with Crippen molar-refractivity contribution in [1.82, 2.24) is 9.88 Å². The number of hydrogen-bond donors (Lipinski definition) is 1. The van der Waals surface area contributed by atoms with Gasteiger partial charge in [0.2, 0.25) is 0 Å². The van der Waals surface area contributed by atoms with Gasteiger partial charge in [0, 0.05) is 31.2 Å². The molecule has 106 valence electrons. The standard InChI is InChI=1S/C14H16N2O3S/c17-7-10-6-16(3-4-19-8-10)14(18)11-1-2-12-13(5-11)20-9-15-12/h1-2,5,9-10,17H,3-4,6-8H2/t10-/m1/s1. The van der Waals surface area contributed by atoms with Crippen LogP contribution in [0.3, 0.4) is 0 Å². The van der Waals surface area contributed by atoms with E-state index < -0.39 is 0 Å². The van der Waals surface area contributed by atoms with Gasteiger partial charge >= 0.3 is 0 Å². The fourth-order valence-electron chi connectivity index (χ4n) is 2.35. The molecule has 2 heterocycles. The monoisotopic (exact) mass is 292 g/mol. The number of nitrogens with zero attached hydrogens (tertiary/aromatic N) is 2. The molecular weight excluding hydrogens is 276 g/mol. The highest BCUT2D eigenvalue weighted by Crippen LogP contribution is 2.20. The summed E-state index contributed by atoms with van der Waals surface area (Å²) in [5, 5.41) is 9.28. The number of carbonyl (C=O) groups is 1. The van der Waals surface area contributed by atoms with E-state index in [4.69, 9.17) is 4.74 Å². The van der Waals surface area contributed by atoms with E-state index in [2.05, 4.69) is 4.98 Å². The lowest BCUT2D eigenvalue weighted by Crippen LogP contribution is -2.36. The summed E-state index contributed by atoms with van der Waals surface area (Å²) in [6.45, 7) is 2.17. The van der Waals surface area contributed by atoms with Crippen LogP contribution in [0.4, 0.5) is 0 Å². The van der Waals surface area contributed by atoms with E-state index in [1.165, 1.54) is 11.3 Å². The fraction of sp³-hybridized carbons (Fsp3) is 0.429. The van der Waals surface area contributed by atoms with Gasteiger partial charge in [-0.15, -0.1) is 11.3 Å². The lowest BCUT2D eigenvalue weighted by Gasteiger charge is -2.22. The Hall–Kier alpha value is -1.50. The highest BCUT2D eigenvalue weighted by molar-refractivity contribution is 7.16. The van der Waals surface area contributed by atoms with E-state index in [0.717, 1.165) is 10.2 Å². The summed E-state index contributed by atoms with van der Waals surface area (Å²) >= 11 is 1.53. The van der Waals surface area contributed by atoms with Crippen molar-refractivity contribution in [3.05, 3.63) is 29.3 Å².